The maximum atomic E-state index is 5.24. The summed E-state index contributed by atoms with van der Waals surface area (Å²) in [6, 6.07) is 9.47. The van der Waals surface area contributed by atoms with Crippen LogP contribution >= 0.6 is 11.3 Å². The Morgan fingerprint density at radius 2 is 2.14 bits per heavy atom. The van der Waals surface area contributed by atoms with Crippen LogP contribution in [0.2, 0.25) is 0 Å². The predicted molar refractivity (Wildman–Crippen MR) is 80.9 cm³/mol. The fourth-order valence-corrected chi connectivity index (χ4v) is 2.92. The van der Waals surface area contributed by atoms with E-state index in [1.807, 2.05) is 37.3 Å². The third-order valence-corrected chi connectivity index (χ3v) is 4.09. The topological polar surface area (TPSA) is 78.3 Å². The van der Waals surface area contributed by atoms with Gasteiger partial charge in [0.05, 0.1) is 7.11 Å². The lowest BCUT2D eigenvalue weighted by Crippen LogP contribution is -1.92. The van der Waals surface area contributed by atoms with E-state index in [9.17, 15) is 0 Å². The van der Waals surface area contributed by atoms with Crippen molar-refractivity contribution in [3.63, 3.8) is 0 Å². The monoisotopic (exact) mass is 313 g/mol. The van der Waals surface area contributed by atoms with E-state index in [2.05, 4.69) is 20.5 Å². The molecular weight excluding hydrogens is 302 g/mol. The number of rotatable bonds is 3. The molecular formula is C14H11N5O2S. The minimum Gasteiger partial charge on any atom is -0.497 e. The van der Waals surface area contributed by atoms with E-state index in [1.165, 1.54) is 11.3 Å². The molecule has 3 aromatic heterocycles. The summed E-state index contributed by atoms with van der Waals surface area (Å²) in [6.07, 6.45) is 0. The first kappa shape index (κ1) is 13.0. The summed E-state index contributed by atoms with van der Waals surface area (Å²) in [5.74, 6) is 2.17. The maximum Gasteiger partial charge on any atom is 0.235 e. The summed E-state index contributed by atoms with van der Waals surface area (Å²) in [6.45, 7) is 1.85. The Morgan fingerprint density at radius 1 is 1.23 bits per heavy atom. The van der Waals surface area contributed by atoms with E-state index in [0.717, 1.165) is 22.1 Å². The van der Waals surface area contributed by atoms with Crippen LogP contribution in [0.3, 0.4) is 0 Å². The Hall–Kier alpha value is -2.74. The lowest BCUT2D eigenvalue weighted by Gasteiger charge is -2.01. The minimum atomic E-state index is 0.664. The molecule has 0 saturated heterocycles. The summed E-state index contributed by atoms with van der Waals surface area (Å²) in [5.41, 5.74) is 1.59. The van der Waals surface area contributed by atoms with Crippen LogP contribution < -0.4 is 4.74 Å². The van der Waals surface area contributed by atoms with Crippen molar-refractivity contribution in [2.75, 3.05) is 7.11 Å². The predicted octanol–water partition coefficient (Wildman–Crippen LogP) is 2.82. The van der Waals surface area contributed by atoms with E-state index in [-0.39, 0.29) is 0 Å². The van der Waals surface area contributed by atoms with Gasteiger partial charge in [-0.1, -0.05) is 28.6 Å². The van der Waals surface area contributed by atoms with Crippen LogP contribution in [0.4, 0.5) is 0 Å². The van der Waals surface area contributed by atoms with Gasteiger partial charge in [0.15, 0.2) is 10.8 Å². The van der Waals surface area contributed by atoms with E-state index < -0.39 is 0 Å². The molecule has 0 spiro atoms. The van der Waals surface area contributed by atoms with E-state index >= 15 is 0 Å². The quantitative estimate of drug-likeness (QED) is 0.579. The van der Waals surface area contributed by atoms with Crippen LogP contribution in [0.1, 0.15) is 5.76 Å². The summed E-state index contributed by atoms with van der Waals surface area (Å²) >= 11 is 1.41. The van der Waals surface area contributed by atoms with Crippen molar-refractivity contribution >= 4 is 16.3 Å². The molecule has 110 valence electrons. The van der Waals surface area contributed by atoms with Gasteiger partial charge in [-0.3, -0.25) is 0 Å². The molecule has 4 aromatic rings. The molecule has 0 N–H and O–H groups in total. The van der Waals surface area contributed by atoms with Gasteiger partial charge in [-0.2, -0.15) is 9.61 Å². The van der Waals surface area contributed by atoms with Gasteiger partial charge in [-0.15, -0.1) is 10.2 Å². The number of aryl methyl sites for hydroxylation is 1. The Morgan fingerprint density at radius 3 is 2.91 bits per heavy atom. The Labute approximate surface area is 129 Å². The van der Waals surface area contributed by atoms with Crippen molar-refractivity contribution in [3.05, 3.63) is 36.1 Å². The van der Waals surface area contributed by atoms with Crippen LogP contribution in [0, 0.1) is 6.92 Å². The fraction of sp³-hybridized carbons (Fsp3) is 0.143. The maximum absolute atomic E-state index is 5.24. The van der Waals surface area contributed by atoms with Crippen molar-refractivity contribution in [1.82, 2.24) is 25.0 Å². The number of hydrogen-bond acceptors (Lipinski definition) is 7. The van der Waals surface area contributed by atoms with Crippen molar-refractivity contribution in [3.8, 4) is 27.8 Å². The highest BCUT2D eigenvalue weighted by atomic mass is 32.1. The average molecular weight is 313 g/mol. The van der Waals surface area contributed by atoms with Crippen LogP contribution in [-0.4, -0.2) is 32.1 Å². The zero-order chi connectivity index (χ0) is 15.1. The summed E-state index contributed by atoms with van der Waals surface area (Å²) in [7, 11) is 1.63. The highest BCUT2D eigenvalue weighted by molar-refractivity contribution is 7.19. The van der Waals surface area contributed by atoms with Gasteiger partial charge in [-0.25, -0.2) is 0 Å². The molecule has 4 rings (SSSR count). The minimum absolute atomic E-state index is 0.664. The molecule has 7 nitrogen and oxygen atoms in total. The van der Waals surface area contributed by atoms with Crippen molar-refractivity contribution in [2.24, 2.45) is 0 Å². The number of fused-ring (bicyclic) bond motifs is 1. The lowest BCUT2D eigenvalue weighted by atomic mass is 10.2. The van der Waals surface area contributed by atoms with Gasteiger partial charge < -0.3 is 9.26 Å². The first-order valence-electron chi connectivity index (χ1n) is 6.55. The lowest BCUT2D eigenvalue weighted by molar-refractivity contribution is 0.399. The summed E-state index contributed by atoms with van der Waals surface area (Å²) in [4.78, 5) is 0.702. The van der Waals surface area contributed by atoms with Gasteiger partial charge in [0.2, 0.25) is 4.96 Å². The summed E-state index contributed by atoms with van der Waals surface area (Å²) < 4.78 is 12.0. The normalized spacial score (nSPS) is 11.2. The Balaban J connectivity index is 1.83. The zero-order valence-corrected chi connectivity index (χ0v) is 12.7. The highest BCUT2D eigenvalue weighted by Crippen LogP contribution is 2.28. The number of hydrogen-bond donors (Lipinski definition) is 0. The molecule has 0 radical (unpaired) electrons. The first-order valence-corrected chi connectivity index (χ1v) is 7.36. The van der Waals surface area contributed by atoms with Crippen LogP contribution in [-0.2, 0) is 0 Å². The molecule has 3 heterocycles. The smallest absolute Gasteiger partial charge is 0.235 e. The summed E-state index contributed by atoms with van der Waals surface area (Å²) in [5, 5.41) is 17.6. The molecule has 0 atom stereocenters. The van der Waals surface area contributed by atoms with Crippen molar-refractivity contribution in [1.29, 1.82) is 0 Å². The molecule has 8 heteroatoms. The van der Waals surface area contributed by atoms with Crippen LogP contribution in [0.5, 0.6) is 5.75 Å². The number of nitrogens with zero attached hydrogens (tertiary/aromatic N) is 5. The van der Waals surface area contributed by atoms with Crippen molar-refractivity contribution in [2.45, 2.75) is 6.92 Å². The number of benzene rings is 1. The molecule has 0 aliphatic rings. The second-order valence-electron chi connectivity index (χ2n) is 4.68. The number of methoxy groups -OCH3 is 1. The second-order valence-corrected chi connectivity index (χ2v) is 5.64. The molecule has 22 heavy (non-hydrogen) atoms. The molecule has 0 unspecified atom stereocenters. The highest BCUT2D eigenvalue weighted by Gasteiger charge is 2.16. The Kier molecular flexibility index (Phi) is 2.90. The molecule has 0 bridgehead atoms. The Bertz CT molecular complexity index is 955. The molecule has 1 aromatic carbocycles. The molecule has 0 fully saturated rings. The van der Waals surface area contributed by atoms with Gasteiger partial charge in [0.25, 0.3) is 0 Å². The van der Waals surface area contributed by atoms with Gasteiger partial charge in [-0.05, 0) is 19.1 Å². The number of aromatic nitrogens is 5. The van der Waals surface area contributed by atoms with E-state index in [0.29, 0.717) is 16.5 Å². The van der Waals surface area contributed by atoms with Gasteiger partial charge in [0.1, 0.15) is 17.2 Å². The molecule has 0 amide bonds. The third-order valence-electron chi connectivity index (χ3n) is 3.17. The molecule has 0 saturated carbocycles. The molecule has 0 aliphatic heterocycles. The average Bonchev–Trinajstić information content (AvgIpc) is 3.21. The fourth-order valence-electron chi connectivity index (χ4n) is 2.13. The molecule has 0 aliphatic carbocycles. The first-order chi connectivity index (χ1) is 10.7. The largest absolute Gasteiger partial charge is 0.497 e. The van der Waals surface area contributed by atoms with Crippen molar-refractivity contribution < 1.29 is 9.26 Å². The standard InChI is InChI=1S/C14H11N5O2S/c1-8-6-11(18-21-8)13-17-19-12(15-16-14(19)22-13)9-4-3-5-10(7-9)20-2/h3-7H,1-2H3. The van der Waals surface area contributed by atoms with E-state index in [1.54, 1.807) is 11.6 Å². The van der Waals surface area contributed by atoms with Gasteiger partial charge in [0, 0.05) is 11.6 Å². The SMILES string of the molecule is COc1cccc(-c2nnc3sc(-c4cc(C)on4)nn23)c1. The zero-order valence-electron chi connectivity index (χ0n) is 11.8. The second kappa shape index (κ2) is 4.92. The number of ether oxygens (including phenoxy) is 1. The third kappa shape index (κ3) is 2.04. The van der Waals surface area contributed by atoms with Crippen LogP contribution in [0.15, 0.2) is 34.9 Å². The van der Waals surface area contributed by atoms with Gasteiger partial charge >= 0.3 is 0 Å². The van der Waals surface area contributed by atoms with E-state index in [4.69, 9.17) is 9.26 Å². The van der Waals surface area contributed by atoms with Crippen LogP contribution in [0.25, 0.3) is 27.1 Å².